The van der Waals surface area contributed by atoms with Crippen LogP contribution in [0.5, 0.6) is 5.75 Å². The lowest BCUT2D eigenvalue weighted by Gasteiger charge is -2.52. The number of carbonyl (C=O) groups is 4. The van der Waals surface area contributed by atoms with E-state index >= 15 is 0 Å². The van der Waals surface area contributed by atoms with Gasteiger partial charge in [0.2, 0.25) is 5.78 Å². The molecule has 2 aromatic carbocycles. The summed E-state index contributed by atoms with van der Waals surface area (Å²) in [6, 6.07) is 11.4. The number of amides is 1. The van der Waals surface area contributed by atoms with Gasteiger partial charge in [0.15, 0.2) is 17.2 Å². The smallest absolute Gasteiger partial charge is 0.255 e. The quantitative estimate of drug-likeness (QED) is 0.358. The lowest BCUT2D eigenvalue weighted by Crippen LogP contribution is -2.69. The van der Waals surface area contributed by atoms with Gasteiger partial charge in [-0.1, -0.05) is 30.3 Å². The van der Waals surface area contributed by atoms with Gasteiger partial charge < -0.3 is 25.6 Å². The molecule has 2 aromatic rings. The molecule has 0 heterocycles. The van der Waals surface area contributed by atoms with Gasteiger partial charge in [0.1, 0.15) is 23.7 Å². The maximum atomic E-state index is 14.1. The zero-order chi connectivity index (χ0) is 29.1. The third-order valence-electron chi connectivity index (χ3n) is 8.48. The second kappa shape index (κ2) is 9.87. The zero-order valence-corrected chi connectivity index (χ0v) is 22.9. The number of ketones is 3. The highest BCUT2D eigenvalue weighted by Gasteiger charge is 2.67. The highest BCUT2D eigenvalue weighted by Crippen LogP contribution is 2.52. The number of rotatable bonds is 6. The zero-order valence-electron chi connectivity index (χ0n) is 22.9. The van der Waals surface area contributed by atoms with Gasteiger partial charge in [-0.25, -0.2) is 0 Å². The van der Waals surface area contributed by atoms with E-state index in [4.69, 9.17) is 10.5 Å². The number of fused-ring (bicyclic) bond motifs is 3. The molecule has 10 nitrogen and oxygen atoms in total. The first-order chi connectivity index (χ1) is 18.9. The first-order valence-electron chi connectivity index (χ1n) is 13.1. The van der Waals surface area contributed by atoms with Gasteiger partial charge in [0, 0.05) is 25.7 Å². The van der Waals surface area contributed by atoms with E-state index in [1.54, 1.807) is 25.1 Å². The first-order valence-corrected chi connectivity index (χ1v) is 13.1. The van der Waals surface area contributed by atoms with Gasteiger partial charge in [0.05, 0.1) is 17.5 Å². The van der Waals surface area contributed by atoms with Gasteiger partial charge in [-0.2, -0.15) is 0 Å². The Morgan fingerprint density at radius 1 is 1.07 bits per heavy atom. The van der Waals surface area contributed by atoms with Crippen molar-refractivity contribution in [2.75, 3.05) is 33.1 Å². The van der Waals surface area contributed by atoms with E-state index in [1.807, 2.05) is 49.3 Å². The van der Waals surface area contributed by atoms with Crippen LogP contribution in [-0.2, 0) is 32.1 Å². The van der Waals surface area contributed by atoms with Crippen molar-refractivity contribution in [1.82, 2.24) is 4.90 Å². The molecule has 0 radical (unpaired) electrons. The van der Waals surface area contributed by atoms with E-state index in [-0.39, 0.29) is 36.5 Å². The fourth-order valence-electron chi connectivity index (χ4n) is 6.74. The Bertz CT molecular complexity index is 1450. The Morgan fingerprint density at radius 2 is 1.75 bits per heavy atom. The number of benzene rings is 2. The van der Waals surface area contributed by atoms with E-state index in [9.17, 15) is 29.4 Å². The summed E-state index contributed by atoms with van der Waals surface area (Å²) in [4.78, 5) is 57.9. The predicted octanol–water partition coefficient (Wildman–Crippen LogP) is 1.22. The Kier molecular flexibility index (Phi) is 6.79. The summed E-state index contributed by atoms with van der Waals surface area (Å²) in [5, 5.41) is 22.5. The molecule has 1 saturated carbocycles. The van der Waals surface area contributed by atoms with E-state index in [0.717, 1.165) is 11.3 Å². The normalized spacial score (nSPS) is 27.7. The Balaban J connectivity index is 1.63. The molecule has 210 valence electrons. The highest BCUT2D eigenvalue weighted by molar-refractivity contribution is 6.32. The number of nitrogens with two attached hydrogens (primary N) is 1. The van der Waals surface area contributed by atoms with Gasteiger partial charge in [-0.15, -0.1) is 0 Å². The molecule has 5 atom stereocenters. The average Bonchev–Trinajstić information content (AvgIpc) is 2.89. The molecule has 10 heteroatoms. The van der Waals surface area contributed by atoms with Crippen LogP contribution >= 0.6 is 0 Å². The van der Waals surface area contributed by atoms with Crippen LogP contribution in [0.2, 0.25) is 0 Å². The molecule has 1 amide bonds. The number of phenols is 1. The second-order valence-electron chi connectivity index (χ2n) is 11.2. The largest absolute Gasteiger partial charge is 0.507 e. The van der Waals surface area contributed by atoms with Crippen LogP contribution in [0.3, 0.4) is 0 Å². The number of phenolic OH excluding ortho intramolecular Hbond substituents is 1. The minimum absolute atomic E-state index is 0.00133. The molecule has 0 saturated heterocycles. The number of nitrogens with zero attached hydrogens (tertiary/aromatic N) is 2. The summed E-state index contributed by atoms with van der Waals surface area (Å²) in [6.45, 7) is 0.0348. The molecule has 0 aliphatic heterocycles. The van der Waals surface area contributed by atoms with Crippen molar-refractivity contribution in [3.05, 3.63) is 70.5 Å². The number of aromatic hydroxyl groups is 1. The monoisotopic (exact) mass is 547 g/mol. The van der Waals surface area contributed by atoms with Crippen molar-refractivity contribution in [2.45, 2.75) is 31.1 Å². The van der Waals surface area contributed by atoms with Gasteiger partial charge >= 0.3 is 0 Å². The third-order valence-corrected chi connectivity index (χ3v) is 8.48. The van der Waals surface area contributed by atoms with E-state index in [1.165, 1.54) is 6.07 Å². The molecule has 40 heavy (non-hydrogen) atoms. The van der Waals surface area contributed by atoms with Crippen molar-refractivity contribution in [1.29, 1.82) is 0 Å². The standard InChI is InChI=1S/C30H33N3O7/c1-32(2)19-10-11-20(34)22-17(19)12-16-13-18-24(33(3)4)26(40-14-15-8-6-5-7-9-15)23(29(31)38)28(37)30(18,39)27(36)21(16)25(22)35/h5-11,16,18,21,24,34,39H,12-14H2,1-4H3,(H2,31,38). The van der Waals surface area contributed by atoms with Crippen molar-refractivity contribution >= 4 is 28.9 Å². The Morgan fingerprint density at radius 3 is 2.35 bits per heavy atom. The van der Waals surface area contributed by atoms with Crippen LogP contribution in [0, 0.1) is 17.8 Å². The fraction of sp³-hybridized carbons (Fsp3) is 0.400. The van der Waals surface area contributed by atoms with E-state index in [2.05, 4.69) is 0 Å². The van der Waals surface area contributed by atoms with Crippen LogP contribution in [0.4, 0.5) is 5.69 Å². The molecule has 3 aliphatic rings. The van der Waals surface area contributed by atoms with Gasteiger partial charge in [-0.05, 0) is 56.1 Å². The van der Waals surface area contributed by atoms with E-state index in [0.29, 0.717) is 5.56 Å². The molecular weight excluding hydrogens is 514 g/mol. The molecule has 5 rings (SSSR count). The van der Waals surface area contributed by atoms with E-state index < -0.39 is 58.2 Å². The highest BCUT2D eigenvalue weighted by atomic mass is 16.5. The lowest BCUT2D eigenvalue weighted by atomic mass is 9.54. The summed E-state index contributed by atoms with van der Waals surface area (Å²) >= 11 is 0. The number of carbonyl (C=O) groups excluding carboxylic acids is 4. The average molecular weight is 548 g/mol. The number of Topliss-reactive ketones (excluding diaryl/α,β-unsaturated/α-hetero) is 3. The lowest BCUT2D eigenvalue weighted by molar-refractivity contribution is -0.170. The molecule has 1 fully saturated rings. The first kappa shape index (κ1) is 27.5. The predicted molar refractivity (Wildman–Crippen MR) is 145 cm³/mol. The van der Waals surface area contributed by atoms with Crippen molar-refractivity contribution in [3.8, 4) is 5.75 Å². The number of anilines is 1. The van der Waals surface area contributed by atoms with Gasteiger partial charge in [-0.3, -0.25) is 24.1 Å². The molecule has 3 aliphatic carbocycles. The Labute approximate surface area is 232 Å². The van der Waals surface area contributed by atoms with Crippen LogP contribution in [0.15, 0.2) is 53.8 Å². The number of likely N-dealkylation sites (N-methyl/N-ethyl adjacent to an activating group) is 1. The molecular formula is C30H33N3O7. The van der Waals surface area contributed by atoms with Crippen LogP contribution in [0.25, 0.3) is 0 Å². The number of aliphatic hydroxyl groups is 1. The van der Waals surface area contributed by atoms with Crippen molar-refractivity contribution in [2.24, 2.45) is 23.5 Å². The maximum absolute atomic E-state index is 14.1. The number of hydrogen-bond donors (Lipinski definition) is 3. The summed E-state index contributed by atoms with van der Waals surface area (Å²) in [6.07, 6.45) is 0.409. The number of hydrogen-bond acceptors (Lipinski definition) is 9. The second-order valence-corrected chi connectivity index (χ2v) is 11.2. The molecule has 5 unspecified atom stereocenters. The number of ether oxygens (including phenoxy) is 1. The minimum atomic E-state index is -2.66. The molecule has 0 aromatic heterocycles. The van der Waals surface area contributed by atoms with Crippen LogP contribution in [-0.4, -0.2) is 78.2 Å². The summed E-state index contributed by atoms with van der Waals surface area (Å²) in [5.41, 5.74) is 4.56. The van der Waals surface area contributed by atoms with Crippen molar-refractivity contribution < 1.29 is 34.1 Å². The fourth-order valence-corrected chi connectivity index (χ4v) is 6.74. The Hall–Kier alpha value is -4.02. The number of primary amides is 1. The van der Waals surface area contributed by atoms with Crippen LogP contribution in [0.1, 0.15) is 27.9 Å². The molecule has 4 N–H and O–H groups in total. The summed E-state index contributed by atoms with van der Waals surface area (Å²) < 4.78 is 6.08. The molecule has 0 bridgehead atoms. The minimum Gasteiger partial charge on any atom is -0.507 e. The van der Waals surface area contributed by atoms with Crippen molar-refractivity contribution in [3.63, 3.8) is 0 Å². The summed E-state index contributed by atoms with van der Waals surface area (Å²) in [5.74, 6) is -7.07. The third kappa shape index (κ3) is 4.01. The maximum Gasteiger partial charge on any atom is 0.255 e. The van der Waals surface area contributed by atoms with Crippen LogP contribution < -0.4 is 10.6 Å². The molecule has 0 spiro atoms. The van der Waals surface area contributed by atoms with Gasteiger partial charge in [0.25, 0.3) is 5.91 Å². The summed E-state index contributed by atoms with van der Waals surface area (Å²) in [7, 11) is 7.04. The topological polar surface area (TPSA) is 150 Å². The SMILES string of the molecule is CN(C)c1ccc(O)c2c1CC1CC3C(N(C)C)C(OCc4ccccc4)=C(C(N)=O)C(=O)C3(O)C(=O)C1C2=O.